The fraction of sp³-hybridized carbons (Fsp3) is 0.538. The minimum absolute atomic E-state index is 0.109. The van der Waals surface area contributed by atoms with Crippen molar-refractivity contribution in [2.75, 3.05) is 6.54 Å². The second kappa shape index (κ2) is 5.88. The summed E-state index contributed by atoms with van der Waals surface area (Å²) in [5.74, 6) is 2.52. The Hall–Kier alpha value is -1.47. The van der Waals surface area contributed by atoms with Crippen LogP contribution in [-0.2, 0) is 12.3 Å². The predicted octanol–water partition coefficient (Wildman–Crippen LogP) is 1.90. The van der Waals surface area contributed by atoms with Crippen LogP contribution in [0, 0.1) is 0 Å². The number of hydrogen-bond donors (Lipinski definition) is 2. The van der Waals surface area contributed by atoms with E-state index in [1.54, 1.807) is 4.57 Å². The van der Waals surface area contributed by atoms with Crippen molar-refractivity contribution in [2.24, 2.45) is 0 Å². The van der Waals surface area contributed by atoms with E-state index >= 15 is 0 Å². The number of aromatic nitrogens is 3. The second-order valence-electron chi connectivity index (χ2n) is 4.85. The van der Waals surface area contributed by atoms with Crippen LogP contribution in [0.1, 0.15) is 37.3 Å². The summed E-state index contributed by atoms with van der Waals surface area (Å²) in [6.07, 6.45) is 2.14. The summed E-state index contributed by atoms with van der Waals surface area (Å²) < 4.78 is 7.48. The lowest BCUT2D eigenvalue weighted by molar-refractivity contribution is 0.462. The molecule has 108 valence electrons. The third-order valence-corrected chi connectivity index (χ3v) is 4.17. The Bertz CT molecular complexity index is 626. The predicted molar refractivity (Wildman–Crippen MR) is 76.8 cm³/mol. The molecule has 1 aliphatic rings. The minimum Gasteiger partial charge on any atom is -0.464 e. The van der Waals surface area contributed by atoms with Gasteiger partial charge in [-0.25, -0.2) is 9.89 Å². The fourth-order valence-corrected chi connectivity index (χ4v) is 2.93. The number of H-pyrrole nitrogens is 1. The molecule has 0 spiro atoms. The number of rotatable bonds is 7. The number of thioether (sulfide) groups is 1. The fourth-order valence-electron chi connectivity index (χ4n) is 2.03. The molecule has 0 amide bonds. The molecule has 20 heavy (non-hydrogen) atoms. The van der Waals surface area contributed by atoms with Gasteiger partial charge in [-0.05, 0) is 31.5 Å². The first kappa shape index (κ1) is 13.5. The van der Waals surface area contributed by atoms with Gasteiger partial charge in [0.2, 0.25) is 0 Å². The molecule has 1 aliphatic carbocycles. The molecule has 3 rings (SSSR count). The molecule has 2 heterocycles. The zero-order valence-corrected chi connectivity index (χ0v) is 12.2. The largest absolute Gasteiger partial charge is 0.464 e. The lowest BCUT2D eigenvalue weighted by atomic mass is 10.4. The van der Waals surface area contributed by atoms with E-state index in [1.165, 1.54) is 11.8 Å². The molecule has 1 fully saturated rings. The molecule has 0 aromatic carbocycles. The highest BCUT2D eigenvalue weighted by molar-refractivity contribution is 7.98. The third-order valence-electron chi connectivity index (χ3n) is 3.19. The number of furan rings is 1. The summed E-state index contributed by atoms with van der Waals surface area (Å²) in [6.45, 7) is 3.73. The molecule has 0 atom stereocenters. The molecular weight excluding hydrogens is 276 g/mol. The Morgan fingerprint density at radius 2 is 2.30 bits per heavy atom. The Morgan fingerprint density at radius 1 is 1.50 bits per heavy atom. The van der Waals surface area contributed by atoms with Crippen molar-refractivity contribution in [1.29, 1.82) is 0 Å². The van der Waals surface area contributed by atoms with Crippen LogP contribution in [0.15, 0.2) is 26.5 Å². The van der Waals surface area contributed by atoms with Gasteiger partial charge in [0.05, 0.1) is 12.3 Å². The summed E-state index contributed by atoms with van der Waals surface area (Å²) in [4.78, 5) is 11.7. The Morgan fingerprint density at radius 3 is 3.05 bits per heavy atom. The van der Waals surface area contributed by atoms with Gasteiger partial charge in [0.15, 0.2) is 5.16 Å². The zero-order chi connectivity index (χ0) is 13.9. The molecule has 2 aromatic heterocycles. The molecule has 7 heteroatoms. The maximum absolute atomic E-state index is 11.7. The molecule has 0 aliphatic heterocycles. The van der Waals surface area contributed by atoms with Gasteiger partial charge in [-0.2, -0.15) is 0 Å². The van der Waals surface area contributed by atoms with E-state index in [-0.39, 0.29) is 5.69 Å². The van der Waals surface area contributed by atoms with Crippen LogP contribution in [0.2, 0.25) is 0 Å². The maximum atomic E-state index is 11.7. The van der Waals surface area contributed by atoms with E-state index in [2.05, 4.69) is 22.4 Å². The number of aromatic amines is 1. The molecule has 2 N–H and O–H groups in total. The van der Waals surface area contributed by atoms with Gasteiger partial charge in [-0.15, -0.1) is 5.10 Å². The first-order valence-corrected chi connectivity index (χ1v) is 7.84. The SMILES string of the molecule is CCNCc1ccc(CSc2n[nH]c(=O)n2C2CC2)o1. The molecule has 0 bridgehead atoms. The highest BCUT2D eigenvalue weighted by Gasteiger charge is 2.28. The summed E-state index contributed by atoms with van der Waals surface area (Å²) in [7, 11) is 0. The smallest absolute Gasteiger partial charge is 0.344 e. The number of hydrogen-bond acceptors (Lipinski definition) is 5. The highest BCUT2D eigenvalue weighted by Crippen LogP contribution is 2.36. The number of nitrogens with zero attached hydrogens (tertiary/aromatic N) is 2. The molecule has 6 nitrogen and oxygen atoms in total. The van der Waals surface area contributed by atoms with Crippen molar-refractivity contribution in [3.05, 3.63) is 34.1 Å². The zero-order valence-electron chi connectivity index (χ0n) is 11.4. The monoisotopic (exact) mass is 294 g/mol. The average Bonchev–Trinajstić information content (AvgIpc) is 3.06. The first-order chi connectivity index (χ1) is 9.78. The van der Waals surface area contributed by atoms with Crippen LogP contribution in [0.25, 0.3) is 0 Å². The molecular formula is C13H18N4O2S. The first-order valence-electron chi connectivity index (χ1n) is 6.86. The number of nitrogens with one attached hydrogen (secondary N) is 2. The average molecular weight is 294 g/mol. The van der Waals surface area contributed by atoms with Crippen molar-refractivity contribution in [1.82, 2.24) is 20.1 Å². The van der Waals surface area contributed by atoms with Crippen LogP contribution < -0.4 is 11.0 Å². The van der Waals surface area contributed by atoms with Gasteiger partial charge in [0, 0.05) is 6.04 Å². The van der Waals surface area contributed by atoms with Gasteiger partial charge in [0.25, 0.3) is 0 Å². The molecule has 1 saturated carbocycles. The van der Waals surface area contributed by atoms with Gasteiger partial charge < -0.3 is 9.73 Å². The van der Waals surface area contributed by atoms with Crippen LogP contribution in [0.3, 0.4) is 0 Å². The van der Waals surface area contributed by atoms with E-state index in [0.717, 1.165) is 42.6 Å². The van der Waals surface area contributed by atoms with Crippen LogP contribution in [0.4, 0.5) is 0 Å². The van der Waals surface area contributed by atoms with E-state index in [0.29, 0.717) is 11.8 Å². The van der Waals surface area contributed by atoms with Crippen LogP contribution in [0.5, 0.6) is 0 Å². The van der Waals surface area contributed by atoms with E-state index in [4.69, 9.17) is 4.42 Å². The molecule has 0 radical (unpaired) electrons. The standard InChI is InChI=1S/C13H18N4O2S/c1-2-14-7-10-5-6-11(19-10)8-20-13-16-15-12(18)17(13)9-3-4-9/h5-6,9,14H,2-4,7-8H2,1H3,(H,15,18). The summed E-state index contributed by atoms with van der Waals surface area (Å²) >= 11 is 1.53. The van der Waals surface area contributed by atoms with Crippen LogP contribution >= 0.6 is 11.8 Å². The topological polar surface area (TPSA) is 75.8 Å². The van der Waals surface area contributed by atoms with Gasteiger partial charge in [0.1, 0.15) is 11.5 Å². The Balaban J connectivity index is 1.62. The summed E-state index contributed by atoms with van der Waals surface area (Å²) in [5.41, 5.74) is -0.109. The van der Waals surface area contributed by atoms with Crippen molar-refractivity contribution in [3.63, 3.8) is 0 Å². The Labute approximate surface area is 120 Å². The lowest BCUT2D eigenvalue weighted by Gasteiger charge is -2.02. The third kappa shape index (κ3) is 2.99. The molecule has 0 saturated heterocycles. The van der Waals surface area contributed by atoms with E-state index in [1.807, 2.05) is 12.1 Å². The normalized spacial score (nSPS) is 14.8. The van der Waals surface area contributed by atoms with Crippen LogP contribution in [-0.4, -0.2) is 21.3 Å². The van der Waals surface area contributed by atoms with Crippen molar-refractivity contribution in [2.45, 2.75) is 43.3 Å². The van der Waals surface area contributed by atoms with E-state index < -0.39 is 0 Å². The van der Waals surface area contributed by atoms with Gasteiger partial charge in [-0.1, -0.05) is 18.7 Å². The van der Waals surface area contributed by atoms with Gasteiger partial charge in [-0.3, -0.25) is 4.57 Å². The quantitative estimate of drug-likeness (QED) is 0.763. The maximum Gasteiger partial charge on any atom is 0.344 e. The second-order valence-corrected chi connectivity index (χ2v) is 5.79. The summed E-state index contributed by atoms with van der Waals surface area (Å²) in [6, 6.07) is 4.30. The molecule has 2 aromatic rings. The van der Waals surface area contributed by atoms with Crippen molar-refractivity contribution in [3.8, 4) is 0 Å². The highest BCUT2D eigenvalue weighted by atomic mass is 32.2. The van der Waals surface area contributed by atoms with E-state index in [9.17, 15) is 4.79 Å². The van der Waals surface area contributed by atoms with Gasteiger partial charge >= 0.3 is 5.69 Å². The summed E-state index contributed by atoms with van der Waals surface area (Å²) in [5, 5.41) is 10.6. The lowest BCUT2D eigenvalue weighted by Crippen LogP contribution is -2.16. The van der Waals surface area contributed by atoms with Crippen molar-refractivity contribution >= 4 is 11.8 Å². The van der Waals surface area contributed by atoms with Crippen molar-refractivity contribution < 1.29 is 4.42 Å². The minimum atomic E-state index is -0.109. The molecule has 0 unspecified atom stereocenters. The Kier molecular flexibility index (Phi) is 3.98.